The maximum Gasteiger partial charge on any atom is 0.227 e. The average molecular weight is 332 g/mol. The lowest BCUT2D eigenvalue weighted by atomic mass is 10.1. The monoisotopic (exact) mass is 332 g/mol. The van der Waals surface area contributed by atoms with Crippen molar-refractivity contribution in [2.45, 2.75) is 25.3 Å². The van der Waals surface area contributed by atoms with Crippen LogP contribution in [0.4, 0.5) is 0 Å². The second kappa shape index (κ2) is 6.89. The predicted molar refractivity (Wildman–Crippen MR) is 95.7 cm³/mol. The summed E-state index contributed by atoms with van der Waals surface area (Å²) in [6.45, 7) is 0.775. The quantitative estimate of drug-likeness (QED) is 0.797. The van der Waals surface area contributed by atoms with E-state index in [1.54, 1.807) is 0 Å². The van der Waals surface area contributed by atoms with Crippen LogP contribution >= 0.6 is 0 Å². The molecule has 25 heavy (non-hydrogen) atoms. The molecule has 1 aliphatic heterocycles. The first kappa shape index (κ1) is 15.6. The summed E-state index contributed by atoms with van der Waals surface area (Å²) in [5.74, 6) is 1.60. The normalized spacial score (nSPS) is 17.0. The molecule has 5 heteroatoms. The van der Waals surface area contributed by atoms with E-state index in [9.17, 15) is 4.79 Å². The van der Waals surface area contributed by atoms with Gasteiger partial charge in [0, 0.05) is 12.1 Å². The summed E-state index contributed by atoms with van der Waals surface area (Å²) in [6, 6.07) is 19.7. The molecule has 4 rings (SSSR count). The highest BCUT2D eigenvalue weighted by Crippen LogP contribution is 2.31. The van der Waals surface area contributed by atoms with Gasteiger partial charge in [-0.2, -0.15) is 5.10 Å². The fraction of sp³-hybridized carbons (Fsp3) is 0.250. The van der Waals surface area contributed by atoms with Crippen LogP contribution in [0.3, 0.4) is 0 Å². The largest absolute Gasteiger partial charge is 0.332 e. The summed E-state index contributed by atoms with van der Waals surface area (Å²) in [4.78, 5) is 19.3. The zero-order chi connectivity index (χ0) is 17.1. The lowest BCUT2D eigenvalue weighted by molar-refractivity contribution is -0.131. The van der Waals surface area contributed by atoms with E-state index < -0.39 is 0 Å². The molecule has 1 saturated heterocycles. The highest BCUT2D eigenvalue weighted by atomic mass is 16.2. The number of rotatable bonds is 4. The SMILES string of the molecule is O=C(Cc1ccccc1)N1CCCC1c1nc(-c2ccccc2)n[nH]1. The van der Waals surface area contributed by atoms with Crippen molar-refractivity contribution in [2.75, 3.05) is 6.54 Å². The Morgan fingerprint density at radius 3 is 2.56 bits per heavy atom. The van der Waals surface area contributed by atoms with Gasteiger partial charge >= 0.3 is 0 Å². The second-order valence-electron chi connectivity index (χ2n) is 6.32. The van der Waals surface area contributed by atoms with Crippen molar-refractivity contribution in [2.24, 2.45) is 0 Å². The van der Waals surface area contributed by atoms with Crippen molar-refractivity contribution in [3.63, 3.8) is 0 Å². The Labute approximate surface area is 146 Å². The van der Waals surface area contributed by atoms with Crippen LogP contribution in [0.15, 0.2) is 60.7 Å². The Bertz CT molecular complexity index is 844. The standard InChI is InChI=1S/C20H20N4O/c25-18(14-15-8-3-1-4-9-15)24-13-7-12-17(24)20-21-19(22-23-20)16-10-5-2-6-11-16/h1-6,8-11,17H,7,12-14H2,(H,21,22,23). The Morgan fingerprint density at radius 2 is 1.80 bits per heavy atom. The Balaban J connectivity index is 1.52. The summed E-state index contributed by atoms with van der Waals surface area (Å²) in [6.07, 6.45) is 2.34. The zero-order valence-electron chi connectivity index (χ0n) is 13.9. The van der Waals surface area contributed by atoms with Crippen LogP contribution in [0.2, 0.25) is 0 Å². The molecule has 1 N–H and O–H groups in total. The minimum Gasteiger partial charge on any atom is -0.332 e. The molecule has 126 valence electrons. The summed E-state index contributed by atoms with van der Waals surface area (Å²) in [5, 5.41) is 7.37. The van der Waals surface area contributed by atoms with Gasteiger partial charge in [-0.05, 0) is 18.4 Å². The van der Waals surface area contributed by atoms with Gasteiger partial charge in [-0.25, -0.2) is 4.98 Å². The summed E-state index contributed by atoms with van der Waals surface area (Å²) < 4.78 is 0. The third kappa shape index (κ3) is 3.31. The number of aromatic amines is 1. The molecule has 1 amide bonds. The molecule has 0 spiro atoms. The Morgan fingerprint density at radius 1 is 1.08 bits per heavy atom. The van der Waals surface area contributed by atoms with Crippen molar-refractivity contribution < 1.29 is 4.79 Å². The van der Waals surface area contributed by atoms with Crippen molar-refractivity contribution >= 4 is 5.91 Å². The molecule has 0 aliphatic carbocycles. The summed E-state index contributed by atoms with van der Waals surface area (Å²) >= 11 is 0. The minimum absolute atomic E-state index is 0.0128. The first-order valence-electron chi connectivity index (χ1n) is 8.62. The number of carbonyl (C=O) groups is 1. The third-order valence-electron chi connectivity index (χ3n) is 4.62. The van der Waals surface area contributed by atoms with Crippen molar-refractivity contribution in [1.29, 1.82) is 0 Å². The van der Waals surface area contributed by atoms with Gasteiger partial charge in [0.2, 0.25) is 5.91 Å². The molecule has 0 bridgehead atoms. The van der Waals surface area contributed by atoms with Crippen LogP contribution in [-0.4, -0.2) is 32.5 Å². The van der Waals surface area contributed by atoms with Gasteiger partial charge in [-0.3, -0.25) is 9.89 Å². The number of likely N-dealkylation sites (tertiary alicyclic amines) is 1. The molecule has 1 fully saturated rings. The van der Waals surface area contributed by atoms with Gasteiger partial charge in [0.25, 0.3) is 0 Å². The number of H-pyrrole nitrogens is 1. The fourth-order valence-electron chi connectivity index (χ4n) is 3.36. The van der Waals surface area contributed by atoms with E-state index in [0.717, 1.165) is 36.3 Å². The molecule has 0 saturated carbocycles. The Kier molecular flexibility index (Phi) is 4.29. The lowest BCUT2D eigenvalue weighted by Gasteiger charge is -2.23. The molecule has 1 aliphatic rings. The van der Waals surface area contributed by atoms with E-state index >= 15 is 0 Å². The van der Waals surface area contributed by atoms with Crippen molar-refractivity contribution in [3.05, 3.63) is 72.1 Å². The average Bonchev–Trinajstić information content (AvgIpc) is 3.32. The fourth-order valence-corrected chi connectivity index (χ4v) is 3.36. The number of hydrogen-bond donors (Lipinski definition) is 1. The van der Waals surface area contributed by atoms with Crippen LogP contribution in [-0.2, 0) is 11.2 Å². The molecule has 1 unspecified atom stereocenters. The van der Waals surface area contributed by atoms with Crippen LogP contribution in [0.25, 0.3) is 11.4 Å². The lowest BCUT2D eigenvalue weighted by Crippen LogP contribution is -2.32. The van der Waals surface area contributed by atoms with Crippen molar-refractivity contribution in [3.8, 4) is 11.4 Å². The van der Waals surface area contributed by atoms with Crippen molar-refractivity contribution in [1.82, 2.24) is 20.1 Å². The molecular formula is C20H20N4O. The first-order valence-corrected chi connectivity index (χ1v) is 8.62. The summed E-state index contributed by atoms with van der Waals surface area (Å²) in [5.41, 5.74) is 2.02. The number of aromatic nitrogens is 3. The maximum absolute atomic E-state index is 12.7. The zero-order valence-corrected chi connectivity index (χ0v) is 13.9. The molecule has 1 aromatic heterocycles. The molecular weight excluding hydrogens is 312 g/mol. The van der Waals surface area contributed by atoms with Gasteiger partial charge in [-0.15, -0.1) is 0 Å². The topological polar surface area (TPSA) is 61.9 Å². The van der Waals surface area contributed by atoms with Gasteiger partial charge in [0.15, 0.2) is 5.82 Å². The predicted octanol–water partition coefficient (Wildman–Crippen LogP) is 3.38. The highest BCUT2D eigenvalue weighted by Gasteiger charge is 2.32. The molecule has 5 nitrogen and oxygen atoms in total. The van der Waals surface area contributed by atoms with E-state index in [2.05, 4.69) is 15.2 Å². The number of nitrogens with one attached hydrogen (secondary N) is 1. The number of carbonyl (C=O) groups excluding carboxylic acids is 1. The van der Waals surface area contributed by atoms with Gasteiger partial charge in [0.05, 0.1) is 12.5 Å². The van der Waals surface area contributed by atoms with E-state index in [4.69, 9.17) is 0 Å². The number of amides is 1. The molecule has 0 radical (unpaired) electrons. The number of nitrogens with zero attached hydrogens (tertiary/aromatic N) is 3. The number of benzene rings is 2. The summed E-state index contributed by atoms with van der Waals surface area (Å²) in [7, 11) is 0. The van der Waals surface area contributed by atoms with Crippen LogP contribution < -0.4 is 0 Å². The Hall–Kier alpha value is -2.95. The van der Waals surface area contributed by atoms with E-state index in [1.165, 1.54) is 0 Å². The van der Waals surface area contributed by atoms with E-state index in [0.29, 0.717) is 12.2 Å². The third-order valence-corrected chi connectivity index (χ3v) is 4.62. The maximum atomic E-state index is 12.7. The second-order valence-corrected chi connectivity index (χ2v) is 6.32. The van der Waals surface area contributed by atoms with Crippen LogP contribution in [0.5, 0.6) is 0 Å². The minimum atomic E-state index is -0.0128. The molecule has 1 atom stereocenters. The molecule has 2 heterocycles. The van der Waals surface area contributed by atoms with Gasteiger partial charge in [0.1, 0.15) is 5.82 Å². The van der Waals surface area contributed by atoms with Gasteiger partial charge < -0.3 is 4.90 Å². The number of hydrogen-bond acceptors (Lipinski definition) is 3. The first-order chi connectivity index (χ1) is 12.3. The van der Waals surface area contributed by atoms with E-state index in [-0.39, 0.29) is 11.9 Å². The smallest absolute Gasteiger partial charge is 0.227 e. The van der Waals surface area contributed by atoms with Crippen LogP contribution in [0, 0.1) is 0 Å². The van der Waals surface area contributed by atoms with E-state index in [1.807, 2.05) is 65.6 Å². The highest BCUT2D eigenvalue weighted by molar-refractivity contribution is 5.79. The molecule has 3 aromatic rings. The van der Waals surface area contributed by atoms with Crippen LogP contribution in [0.1, 0.15) is 30.3 Å². The van der Waals surface area contributed by atoms with Gasteiger partial charge in [-0.1, -0.05) is 60.7 Å². The molecule has 2 aromatic carbocycles.